The average Bonchev–Trinajstić information content (AvgIpc) is 3.45. The van der Waals surface area contributed by atoms with Crippen LogP contribution in [-0.4, -0.2) is 42.4 Å². The first kappa shape index (κ1) is 17.7. The van der Waals surface area contributed by atoms with Crippen LogP contribution in [0.15, 0.2) is 48.5 Å². The number of ether oxygens (including phenoxy) is 2. The highest BCUT2D eigenvalue weighted by Crippen LogP contribution is 2.28. The number of halogens is 1. The highest BCUT2D eigenvalue weighted by atomic mass is 19.1. The van der Waals surface area contributed by atoms with Gasteiger partial charge in [-0.2, -0.15) is 0 Å². The van der Waals surface area contributed by atoms with Gasteiger partial charge >= 0.3 is 0 Å². The van der Waals surface area contributed by atoms with Crippen LogP contribution >= 0.6 is 0 Å². The number of methoxy groups -OCH3 is 1. The van der Waals surface area contributed by atoms with Crippen molar-refractivity contribution in [3.8, 4) is 11.5 Å². The largest absolute Gasteiger partial charge is 0.497 e. The first-order valence-electron chi connectivity index (χ1n) is 8.57. The van der Waals surface area contributed by atoms with Crippen LogP contribution in [0.4, 0.5) is 4.39 Å². The highest BCUT2D eigenvalue weighted by Gasteiger charge is 2.30. The van der Waals surface area contributed by atoms with E-state index in [1.807, 2.05) is 30.3 Å². The summed E-state index contributed by atoms with van der Waals surface area (Å²) in [6.45, 7) is 1.37. The highest BCUT2D eigenvalue weighted by molar-refractivity contribution is 5.31. The lowest BCUT2D eigenvalue weighted by atomic mass is 10.2. The lowest BCUT2D eigenvalue weighted by Gasteiger charge is -2.25. The summed E-state index contributed by atoms with van der Waals surface area (Å²) >= 11 is 0. The second kappa shape index (κ2) is 8.32. The van der Waals surface area contributed by atoms with Gasteiger partial charge in [-0.15, -0.1) is 0 Å². The van der Waals surface area contributed by atoms with E-state index in [4.69, 9.17) is 9.47 Å². The number of rotatable bonds is 9. The maximum Gasteiger partial charge on any atom is 0.123 e. The van der Waals surface area contributed by atoms with Crippen LogP contribution in [0, 0.1) is 5.82 Å². The van der Waals surface area contributed by atoms with Gasteiger partial charge in [-0.1, -0.05) is 12.1 Å². The minimum absolute atomic E-state index is 0.221. The first-order valence-corrected chi connectivity index (χ1v) is 8.57. The number of hydrogen-bond donors (Lipinski definition) is 1. The maximum absolute atomic E-state index is 13.4. The van der Waals surface area contributed by atoms with Crippen molar-refractivity contribution in [2.24, 2.45) is 0 Å². The van der Waals surface area contributed by atoms with E-state index in [-0.39, 0.29) is 12.4 Å². The Kier molecular flexibility index (Phi) is 5.89. The van der Waals surface area contributed by atoms with Crippen LogP contribution in [-0.2, 0) is 6.54 Å². The second-order valence-corrected chi connectivity index (χ2v) is 6.43. The summed E-state index contributed by atoms with van der Waals surface area (Å²) < 4.78 is 24.1. The molecule has 2 aromatic carbocycles. The van der Waals surface area contributed by atoms with Gasteiger partial charge in [0.15, 0.2) is 0 Å². The molecule has 1 aliphatic rings. The van der Waals surface area contributed by atoms with Crippen molar-refractivity contribution in [2.45, 2.75) is 31.5 Å². The molecule has 3 rings (SSSR count). The molecule has 0 saturated heterocycles. The van der Waals surface area contributed by atoms with Crippen LogP contribution in [0.3, 0.4) is 0 Å². The molecule has 1 unspecified atom stereocenters. The molecule has 0 amide bonds. The van der Waals surface area contributed by atoms with Crippen molar-refractivity contribution < 1.29 is 19.0 Å². The van der Waals surface area contributed by atoms with Crippen LogP contribution in [0.1, 0.15) is 18.4 Å². The Morgan fingerprint density at radius 2 is 1.88 bits per heavy atom. The van der Waals surface area contributed by atoms with Crippen molar-refractivity contribution in [1.29, 1.82) is 0 Å². The van der Waals surface area contributed by atoms with E-state index < -0.39 is 6.10 Å². The number of hydrogen-bond acceptors (Lipinski definition) is 4. The molecule has 5 heteroatoms. The standard InChI is InChI=1S/C20H24FNO3/c1-24-19-7-9-20(10-8-19)25-14-18(23)13-22(17-5-6-17)12-15-3-2-4-16(21)11-15/h2-4,7-11,17-18,23H,5-6,12-14H2,1H3. The fourth-order valence-electron chi connectivity index (χ4n) is 2.84. The Balaban J connectivity index is 1.51. The van der Waals surface area contributed by atoms with E-state index in [1.165, 1.54) is 6.07 Å². The minimum Gasteiger partial charge on any atom is -0.497 e. The van der Waals surface area contributed by atoms with Gasteiger partial charge in [0.1, 0.15) is 30.0 Å². The molecule has 0 spiro atoms. The van der Waals surface area contributed by atoms with Crippen molar-refractivity contribution in [3.05, 3.63) is 59.9 Å². The van der Waals surface area contributed by atoms with Crippen molar-refractivity contribution >= 4 is 0 Å². The van der Waals surface area contributed by atoms with E-state index in [9.17, 15) is 9.50 Å². The van der Waals surface area contributed by atoms with Gasteiger partial charge in [-0.3, -0.25) is 4.90 Å². The number of aliphatic hydroxyl groups is 1. The second-order valence-electron chi connectivity index (χ2n) is 6.43. The van der Waals surface area contributed by atoms with Gasteiger partial charge in [-0.05, 0) is 54.8 Å². The summed E-state index contributed by atoms with van der Waals surface area (Å²) in [7, 11) is 1.62. The third-order valence-electron chi connectivity index (χ3n) is 4.29. The maximum atomic E-state index is 13.4. The fourth-order valence-corrected chi connectivity index (χ4v) is 2.84. The molecule has 0 aliphatic heterocycles. The number of benzene rings is 2. The zero-order valence-electron chi connectivity index (χ0n) is 14.4. The predicted octanol–water partition coefficient (Wildman–Crippen LogP) is 3.24. The minimum atomic E-state index is -0.601. The molecule has 4 nitrogen and oxygen atoms in total. The molecule has 0 radical (unpaired) electrons. The smallest absolute Gasteiger partial charge is 0.123 e. The van der Waals surface area contributed by atoms with Crippen molar-refractivity contribution in [2.75, 3.05) is 20.3 Å². The molecule has 1 fully saturated rings. The Bertz CT molecular complexity index is 673. The van der Waals surface area contributed by atoms with Gasteiger partial charge in [0.25, 0.3) is 0 Å². The summed E-state index contributed by atoms with van der Waals surface area (Å²) in [6.07, 6.45) is 1.65. The molecule has 1 atom stereocenters. The topological polar surface area (TPSA) is 41.9 Å². The zero-order chi connectivity index (χ0) is 17.6. The third kappa shape index (κ3) is 5.44. The van der Waals surface area contributed by atoms with E-state index in [0.717, 1.165) is 24.2 Å². The lowest BCUT2D eigenvalue weighted by Crippen LogP contribution is -2.36. The van der Waals surface area contributed by atoms with Crippen LogP contribution < -0.4 is 9.47 Å². The van der Waals surface area contributed by atoms with Gasteiger partial charge in [0.2, 0.25) is 0 Å². The summed E-state index contributed by atoms with van der Waals surface area (Å²) in [5.41, 5.74) is 0.926. The summed E-state index contributed by atoms with van der Waals surface area (Å²) in [5, 5.41) is 10.3. The molecule has 1 N–H and O–H groups in total. The molecular formula is C20H24FNO3. The van der Waals surface area contributed by atoms with Crippen LogP contribution in [0.25, 0.3) is 0 Å². The number of nitrogens with zero attached hydrogens (tertiary/aromatic N) is 1. The Morgan fingerprint density at radius 1 is 1.16 bits per heavy atom. The summed E-state index contributed by atoms with van der Waals surface area (Å²) in [4.78, 5) is 2.21. The van der Waals surface area contributed by atoms with Gasteiger partial charge in [0, 0.05) is 19.1 Å². The molecule has 2 aromatic rings. The molecule has 0 heterocycles. The van der Waals surface area contributed by atoms with Gasteiger partial charge in [0.05, 0.1) is 7.11 Å². The van der Waals surface area contributed by atoms with Gasteiger partial charge in [-0.25, -0.2) is 4.39 Å². The predicted molar refractivity (Wildman–Crippen MR) is 94.3 cm³/mol. The van der Waals surface area contributed by atoms with Crippen molar-refractivity contribution in [1.82, 2.24) is 4.90 Å². The fraction of sp³-hybridized carbons (Fsp3) is 0.400. The normalized spacial score (nSPS) is 15.2. The quantitative estimate of drug-likeness (QED) is 0.758. The molecule has 25 heavy (non-hydrogen) atoms. The van der Waals surface area contributed by atoms with Crippen molar-refractivity contribution in [3.63, 3.8) is 0 Å². The third-order valence-corrected chi connectivity index (χ3v) is 4.29. The molecule has 1 saturated carbocycles. The zero-order valence-corrected chi connectivity index (χ0v) is 14.4. The van der Waals surface area contributed by atoms with E-state index >= 15 is 0 Å². The average molecular weight is 345 g/mol. The Hall–Kier alpha value is -2.11. The van der Waals surface area contributed by atoms with E-state index in [2.05, 4.69) is 4.90 Å². The Morgan fingerprint density at radius 3 is 2.52 bits per heavy atom. The molecule has 0 aromatic heterocycles. The summed E-state index contributed by atoms with van der Waals surface area (Å²) in [6, 6.07) is 14.4. The van der Waals surface area contributed by atoms with Crippen LogP contribution in [0.5, 0.6) is 11.5 Å². The van der Waals surface area contributed by atoms with E-state index in [1.54, 1.807) is 19.2 Å². The number of aliphatic hydroxyl groups excluding tert-OH is 1. The Labute approximate surface area is 147 Å². The van der Waals surface area contributed by atoms with Crippen LogP contribution in [0.2, 0.25) is 0 Å². The molecule has 134 valence electrons. The summed E-state index contributed by atoms with van der Waals surface area (Å²) in [5.74, 6) is 1.24. The van der Waals surface area contributed by atoms with Gasteiger partial charge < -0.3 is 14.6 Å². The molecule has 0 bridgehead atoms. The first-order chi connectivity index (χ1) is 12.1. The molecule has 1 aliphatic carbocycles. The monoisotopic (exact) mass is 345 g/mol. The molecular weight excluding hydrogens is 321 g/mol. The lowest BCUT2D eigenvalue weighted by molar-refractivity contribution is 0.0626. The SMILES string of the molecule is COc1ccc(OCC(O)CN(Cc2cccc(F)c2)C2CC2)cc1. The van der Waals surface area contributed by atoms with E-state index in [0.29, 0.717) is 24.9 Å².